The van der Waals surface area contributed by atoms with Crippen LogP contribution in [0.3, 0.4) is 0 Å². The maximum Gasteiger partial charge on any atom is 0.0647 e. The third-order valence-electron chi connectivity index (χ3n) is 7.63. The number of unbranched alkanes of at least 4 members (excludes halogenated alkanes) is 2. The SMILES string of the molecule is C=C(CO)C(C)(CCCCC(O)CCCCC(C)(CCC)c1ccccc1)c1ccccc1. The molecule has 0 aliphatic rings. The minimum absolute atomic E-state index is 0.00789. The van der Waals surface area contributed by atoms with Gasteiger partial charge in [-0.15, -0.1) is 0 Å². The second kappa shape index (κ2) is 13.7. The molecule has 2 aromatic carbocycles. The molecule has 0 radical (unpaired) electrons. The van der Waals surface area contributed by atoms with Crippen LogP contribution in [0.1, 0.15) is 96.1 Å². The van der Waals surface area contributed by atoms with Gasteiger partial charge in [-0.05, 0) is 54.2 Å². The first-order chi connectivity index (χ1) is 15.9. The second-order valence-electron chi connectivity index (χ2n) is 10.3. The van der Waals surface area contributed by atoms with Gasteiger partial charge in [0.25, 0.3) is 0 Å². The van der Waals surface area contributed by atoms with E-state index in [0.717, 1.165) is 50.5 Å². The fourth-order valence-corrected chi connectivity index (χ4v) is 5.21. The molecule has 0 saturated carbocycles. The lowest BCUT2D eigenvalue weighted by atomic mass is 9.73. The average Bonchev–Trinajstić information content (AvgIpc) is 2.85. The Kier molecular flexibility index (Phi) is 11.4. The van der Waals surface area contributed by atoms with Crippen molar-refractivity contribution in [3.63, 3.8) is 0 Å². The highest BCUT2D eigenvalue weighted by Gasteiger charge is 2.29. The van der Waals surface area contributed by atoms with Gasteiger partial charge >= 0.3 is 0 Å². The van der Waals surface area contributed by atoms with Crippen LogP contribution >= 0.6 is 0 Å². The Morgan fingerprint density at radius 3 is 1.82 bits per heavy atom. The van der Waals surface area contributed by atoms with Crippen LogP contribution < -0.4 is 0 Å². The Balaban J connectivity index is 1.74. The zero-order valence-electron chi connectivity index (χ0n) is 21.2. The van der Waals surface area contributed by atoms with Crippen molar-refractivity contribution in [3.8, 4) is 0 Å². The van der Waals surface area contributed by atoms with Crippen molar-refractivity contribution in [1.82, 2.24) is 0 Å². The van der Waals surface area contributed by atoms with E-state index in [1.54, 1.807) is 0 Å². The van der Waals surface area contributed by atoms with E-state index in [9.17, 15) is 10.2 Å². The van der Waals surface area contributed by atoms with Gasteiger partial charge in [0, 0.05) is 5.41 Å². The topological polar surface area (TPSA) is 40.5 Å². The third kappa shape index (κ3) is 8.12. The number of rotatable bonds is 16. The Morgan fingerprint density at radius 2 is 1.30 bits per heavy atom. The zero-order chi connectivity index (χ0) is 24.2. The molecular weight excluding hydrogens is 404 g/mol. The molecule has 2 aromatic rings. The maximum absolute atomic E-state index is 10.5. The highest BCUT2D eigenvalue weighted by atomic mass is 16.3. The minimum Gasteiger partial charge on any atom is -0.393 e. The Morgan fingerprint density at radius 1 is 0.788 bits per heavy atom. The van der Waals surface area contributed by atoms with Crippen LogP contribution in [-0.4, -0.2) is 22.9 Å². The molecule has 0 heterocycles. The smallest absolute Gasteiger partial charge is 0.0647 e. The van der Waals surface area contributed by atoms with Crippen molar-refractivity contribution in [2.75, 3.05) is 6.61 Å². The van der Waals surface area contributed by atoms with E-state index in [1.165, 1.54) is 30.4 Å². The molecule has 2 heteroatoms. The monoisotopic (exact) mass is 450 g/mol. The van der Waals surface area contributed by atoms with E-state index >= 15 is 0 Å². The van der Waals surface area contributed by atoms with Gasteiger partial charge < -0.3 is 10.2 Å². The molecule has 3 atom stereocenters. The summed E-state index contributed by atoms with van der Waals surface area (Å²) in [5, 5.41) is 20.3. The fourth-order valence-electron chi connectivity index (χ4n) is 5.21. The van der Waals surface area contributed by atoms with E-state index in [-0.39, 0.29) is 23.5 Å². The van der Waals surface area contributed by atoms with Gasteiger partial charge in [-0.1, -0.05) is 120 Å². The van der Waals surface area contributed by atoms with Gasteiger partial charge in [-0.2, -0.15) is 0 Å². The van der Waals surface area contributed by atoms with Crippen molar-refractivity contribution < 1.29 is 10.2 Å². The molecule has 33 heavy (non-hydrogen) atoms. The van der Waals surface area contributed by atoms with E-state index < -0.39 is 0 Å². The Labute approximate surface area is 202 Å². The number of hydrogen-bond acceptors (Lipinski definition) is 2. The summed E-state index contributed by atoms with van der Waals surface area (Å²) in [7, 11) is 0. The molecule has 2 nitrogen and oxygen atoms in total. The molecule has 0 aromatic heterocycles. The first-order valence-corrected chi connectivity index (χ1v) is 12.9. The molecule has 0 aliphatic carbocycles. The largest absolute Gasteiger partial charge is 0.393 e. The highest BCUT2D eigenvalue weighted by Crippen LogP contribution is 2.37. The van der Waals surface area contributed by atoms with E-state index in [0.29, 0.717) is 0 Å². The molecule has 0 aliphatic heterocycles. The van der Waals surface area contributed by atoms with Crippen LogP contribution in [0.15, 0.2) is 72.8 Å². The Hall–Kier alpha value is -1.90. The molecule has 0 bridgehead atoms. The minimum atomic E-state index is -0.220. The quantitative estimate of drug-likeness (QED) is 0.203. The highest BCUT2D eigenvalue weighted by molar-refractivity contribution is 5.34. The number of aliphatic hydroxyl groups is 2. The number of aliphatic hydroxyl groups excluding tert-OH is 2. The van der Waals surface area contributed by atoms with Crippen molar-refractivity contribution >= 4 is 0 Å². The molecule has 0 spiro atoms. The summed E-state index contributed by atoms with van der Waals surface area (Å²) in [5.41, 5.74) is 3.53. The van der Waals surface area contributed by atoms with Crippen molar-refractivity contribution in [2.24, 2.45) is 0 Å². The van der Waals surface area contributed by atoms with Crippen molar-refractivity contribution in [1.29, 1.82) is 0 Å². The normalized spacial score (nSPS) is 16.0. The zero-order valence-corrected chi connectivity index (χ0v) is 21.2. The van der Waals surface area contributed by atoms with Gasteiger partial charge in [0.1, 0.15) is 0 Å². The standard InChI is InChI=1S/C31H46O2/c1-5-22-30(3,27-16-8-6-9-17-27)23-14-12-20-29(33)21-13-15-24-31(4,26(2)25-32)28-18-10-7-11-19-28/h6-11,16-19,29,32-33H,2,5,12-15,20-25H2,1,3-4H3. The number of hydrogen-bond donors (Lipinski definition) is 2. The third-order valence-corrected chi connectivity index (χ3v) is 7.63. The van der Waals surface area contributed by atoms with E-state index in [1.807, 2.05) is 18.2 Å². The molecular formula is C31H46O2. The molecule has 0 saturated heterocycles. The second-order valence-corrected chi connectivity index (χ2v) is 10.3. The van der Waals surface area contributed by atoms with Crippen molar-refractivity contribution in [2.45, 2.75) is 102 Å². The molecule has 2 N–H and O–H groups in total. The fraction of sp³-hybridized carbons (Fsp3) is 0.548. The lowest BCUT2D eigenvalue weighted by Gasteiger charge is -2.32. The molecule has 3 unspecified atom stereocenters. The lowest BCUT2D eigenvalue weighted by molar-refractivity contribution is 0.145. The first-order valence-electron chi connectivity index (χ1n) is 12.9. The van der Waals surface area contributed by atoms with Gasteiger partial charge in [-0.3, -0.25) is 0 Å². The summed E-state index contributed by atoms with van der Waals surface area (Å²) in [4.78, 5) is 0. The summed E-state index contributed by atoms with van der Waals surface area (Å²) in [6.07, 6.45) is 10.3. The summed E-state index contributed by atoms with van der Waals surface area (Å²) in [5.74, 6) is 0. The van der Waals surface area contributed by atoms with Crippen LogP contribution in [0.2, 0.25) is 0 Å². The first kappa shape index (κ1) is 27.3. The van der Waals surface area contributed by atoms with Crippen LogP contribution in [0.5, 0.6) is 0 Å². The molecule has 2 rings (SSSR count). The lowest BCUT2D eigenvalue weighted by Crippen LogP contribution is -2.26. The van der Waals surface area contributed by atoms with Gasteiger partial charge in [0.05, 0.1) is 12.7 Å². The van der Waals surface area contributed by atoms with Crippen molar-refractivity contribution in [3.05, 3.63) is 83.9 Å². The summed E-state index contributed by atoms with van der Waals surface area (Å²) in [6, 6.07) is 21.3. The molecule has 0 fully saturated rings. The maximum atomic E-state index is 10.5. The summed E-state index contributed by atoms with van der Waals surface area (Å²) in [6.45, 7) is 11.0. The van der Waals surface area contributed by atoms with Crippen LogP contribution in [-0.2, 0) is 10.8 Å². The van der Waals surface area contributed by atoms with Gasteiger partial charge in [0.2, 0.25) is 0 Å². The summed E-state index contributed by atoms with van der Waals surface area (Å²) < 4.78 is 0. The van der Waals surface area contributed by atoms with E-state index in [4.69, 9.17) is 0 Å². The van der Waals surface area contributed by atoms with Crippen LogP contribution in [0, 0.1) is 0 Å². The summed E-state index contributed by atoms with van der Waals surface area (Å²) >= 11 is 0. The average molecular weight is 451 g/mol. The number of benzene rings is 2. The molecule has 182 valence electrons. The van der Waals surface area contributed by atoms with Gasteiger partial charge in [0.15, 0.2) is 0 Å². The van der Waals surface area contributed by atoms with Crippen LogP contribution in [0.25, 0.3) is 0 Å². The predicted octanol–water partition coefficient (Wildman–Crippen LogP) is 7.73. The Bertz CT molecular complexity index is 800. The van der Waals surface area contributed by atoms with Crippen LogP contribution in [0.4, 0.5) is 0 Å². The molecule has 0 amide bonds. The van der Waals surface area contributed by atoms with Gasteiger partial charge in [-0.25, -0.2) is 0 Å². The predicted molar refractivity (Wildman–Crippen MR) is 142 cm³/mol. The van der Waals surface area contributed by atoms with E-state index in [2.05, 4.69) is 69.8 Å².